The molecular formula is C30H24Ag2N6O6S2. The predicted molar refractivity (Wildman–Crippen MR) is 172 cm³/mol. The van der Waals surface area contributed by atoms with Gasteiger partial charge in [0.05, 0.1) is 21.2 Å². The maximum atomic E-state index is 8.25. The zero-order chi connectivity index (χ0) is 31.6. The molecule has 0 unspecified atom stereocenters. The fraction of sp³-hybridized carbons (Fsp3) is 0.0667. The Bertz CT molecular complexity index is 1630. The monoisotopic (exact) mass is 842 g/mol. The molecule has 0 N–H and O–H groups in total. The van der Waals surface area contributed by atoms with E-state index in [9.17, 15) is 0 Å². The van der Waals surface area contributed by atoms with E-state index < -0.39 is 10.2 Å². The fourth-order valence-corrected chi connectivity index (χ4v) is 5.62. The first-order valence-electron chi connectivity index (χ1n) is 12.7. The van der Waals surface area contributed by atoms with Crippen molar-refractivity contribution in [1.29, 1.82) is 0 Å². The number of hydrogen-bond acceptors (Lipinski definition) is 12. The first-order chi connectivity index (χ1) is 21.3. The molecule has 46 heavy (non-hydrogen) atoms. The first-order valence-corrected chi connectivity index (χ1v) is 14.6. The Labute approximate surface area is 303 Å². The summed E-state index contributed by atoms with van der Waals surface area (Å²) in [5, 5.41) is 31.9. The molecule has 0 aliphatic heterocycles. The van der Waals surface area contributed by atoms with Gasteiger partial charge in [0.15, 0.2) is 0 Å². The average molecular weight is 844 g/mol. The van der Waals surface area contributed by atoms with Crippen LogP contribution < -0.4 is 0 Å². The van der Waals surface area contributed by atoms with Crippen LogP contribution in [0.15, 0.2) is 132 Å². The Morgan fingerprint density at radius 3 is 1.22 bits per heavy atom. The summed E-state index contributed by atoms with van der Waals surface area (Å²) in [6.45, 7) is 0. The molecule has 6 rings (SSSR count). The molecule has 0 saturated carbocycles. The van der Waals surface area contributed by atoms with Gasteiger partial charge in [0, 0.05) is 69.3 Å². The second-order valence-corrected chi connectivity index (χ2v) is 10.4. The standard InChI is InChI=1S/2C15H12N2S.2Ag.2NO3/c2*1-5-13-6-3-9-17-15(13)14(7-1)18-11-12-4-2-8-16-10-12;;;2*2-1(3)4/h2*1-10H,11H2;;;;/q;;2*+1;2*-1. The summed E-state index contributed by atoms with van der Waals surface area (Å²) < 4.78 is 0. The largest absolute Gasteiger partial charge is 1.00 e. The van der Waals surface area contributed by atoms with Gasteiger partial charge in [0.25, 0.3) is 0 Å². The molecule has 0 bridgehead atoms. The molecule has 0 spiro atoms. The van der Waals surface area contributed by atoms with E-state index in [0.717, 1.165) is 22.5 Å². The second-order valence-electron chi connectivity index (χ2n) is 8.41. The van der Waals surface area contributed by atoms with Crippen LogP contribution in [0.1, 0.15) is 11.1 Å². The van der Waals surface area contributed by atoms with Crippen molar-refractivity contribution in [3.8, 4) is 0 Å². The number of rotatable bonds is 6. The molecular weight excluding hydrogens is 820 g/mol. The predicted octanol–water partition coefficient (Wildman–Crippen LogP) is 7.36. The van der Waals surface area contributed by atoms with E-state index in [-0.39, 0.29) is 44.8 Å². The smallest absolute Gasteiger partial charge is 0.356 e. The van der Waals surface area contributed by atoms with E-state index in [0.29, 0.717) is 0 Å². The minimum Gasteiger partial charge on any atom is -0.356 e. The molecule has 0 amide bonds. The van der Waals surface area contributed by atoms with Gasteiger partial charge in [-0.25, -0.2) is 0 Å². The Hall–Kier alpha value is -3.86. The Balaban J connectivity index is 0.000000361. The van der Waals surface area contributed by atoms with Gasteiger partial charge in [0.1, 0.15) is 0 Å². The molecule has 0 radical (unpaired) electrons. The number of nitrogens with zero attached hydrogens (tertiary/aromatic N) is 6. The van der Waals surface area contributed by atoms with E-state index >= 15 is 0 Å². The third kappa shape index (κ3) is 14.9. The molecule has 0 atom stereocenters. The van der Waals surface area contributed by atoms with Crippen molar-refractivity contribution in [3.63, 3.8) is 0 Å². The van der Waals surface area contributed by atoms with Gasteiger partial charge in [-0.15, -0.1) is 23.5 Å². The number of thioether (sulfide) groups is 2. The second kappa shape index (κ2) is 22.6. The van der Waals surface area contributed by atoms with Crippen molar-refractivity contribution < 1.29 is 54.9 Å². The zero-order valence-corrected chi connectivity index (χ0v) is 28.1. The van der Waals surface area contributed by atoms with E-state index in [1.807, 2.05) is 49.1 Å². The van der Waals surface area contributed by atoms with Crippen LogP contribution >= 0.6 is 23.5 Å². The Kier molecular flexibility index (Phi) is 19.7. The minimum absolute atomic E-state index is 0. The molecule has 0 saturated heterocycles. The van der Waals surface area contributed by atoms with Crippen LogP contribution in [-0.2, 0) is 56.3 Å². The van der Waals surface area contributed by atoms with Crippen molar-refractivity contribution in [2.45, 2.75) is 21.3 Å². The van der Waals surface area contributed by atoms with Crippen LogP contribution in [0.3, 0.4) is 0 Å². The molecule has 0 aliphatic carbocycles. The Morgan fingerprint density at radius 2 is 0.870 bits per heavy atom. The average Bonchev–Trinajstić information content (AvgIpc) is 3.03. The van der Waals surface area contributed by atoms with Crippen LogP contribution in [0.4, 0.5) is 0 Å². The first kappa shape index (κ1) is 40.2. The van der Waals surface area contributed by atoms with Crippen LogP contribution in [-0.4, -0.2) is 30.1 Å². The molecule has 16 heteroatoms. The molecule has 4 aromatic heterocycles. The molecule has 2 aromatic carbocycles. The van der Waals surface area contributed by atoms with E-state index in [1.165, 1.54) is 31.7 Å². The van der Waals surface area contributed by atoms with Crippen LogP contribution in [0.5, 0.6) is 0 Å². The topological polar surface area (TPSA) is 184 Å². The van der Waals surface area contributed by atoms with E-state index in [4.69, 9.17) is 30.6 Å². The van der Waals surface area contributed by atoms with Gasteiger partial charge >= 0.3 is 44.8 Å². The summed E-state index contributed by atoms with van der Waals surface area (Å²) in [6, 6.07) is 28.8. The van der Waals surface area contributed by atoms with Crippen molar-refractivity contribution in [2.24, 2.45) is 0 Å². The van der Waals surface area contributed by atoms with Gasteiger partial charge in [-0.2, -0.15) is 0 Å². The summed E-state index contributed by atoms with van der Waals surface area (Å²) >= 11 is 3.60. The molecule has 4 heterocycles. The number of pyridine rings is 4. The number of benzene rings is 2. The number of hydrogen-bond donors (Lipinski definition) is 0. The third-order valence-electron chi connectivity index (χ3n) is 5.43. The van der Waals surface area contributed by atoms with Gasteiger partial charge in [-0.05, 0) is 47.5 Å². The normalized spacial score (nSPS) is 9.39. The number of aromatic nitrogens is 4. The maximum Gasteiger partial charge on any atom is 1.00 e. The van der Waals surface area contributed by atoms with E-state index in [1.54, 1.807) is 35.9 Å². The SMILES string of the molecule is O=[N+]([O-])[O-].O=[N+]([O-])[O-].[Ag+].[Ag+].c1cncc(CSc2cccc3cccnc23)c1.c1cncc(CSc2cccc3cccnc23)c1. The quantitative estimate of drug-likeness (QED) is 0.0704. The van der Waals surface area contributed by atoms with Gasteiger partial charge < -0.3 is 30.6 Å². The molecule has 0 aliphatic rings. The van der Waals surface area contributed by atoms with Crippen molar-refractivity contribution >= 4 is 45.3 Å². The maximum absolute atomic E-state index is 8.25. The minimum atomic E-state index is -1.75. The summed E-state index contributed by atoms with van der Waals surface area (Å²) in [6.07, 6.45) is 11.1. The summed E-state index contributed by atoms with van der Waals surface area (Å²) in [5.74, 6) is 1.84. The van der Waals surface area contributed by atoms with Gasteiger partial charge in [-0.1, -0.05) is 48.5 Å². The van der Waals surface area contributed by atoms with Gasteiger partial charge in [-0.3, -0.25) is 19.9 Å². The zero-order valence-electron chi connectivity index (χ0n) is 23.5. The number of para-hydroxylation sites is 2. The molecule has 12 nitrogen and oxygen atoms in total. The van der Waals surface area contributed by atoms with Crippen LogP contribution in [0, 0.1) is 30.6 Å². The van der Waals surface area contributed by atoms with Crippen molar-refractivity contribution in [2.75, 3.05) is 0 Å². The summed E-state index contributed by atoms with van der Waals surface area (Å²) in [5.41, 5.74) is 4.62. The summed E-state index contributed by atoms with van der Waals surface area (Å²) in [7, 11) is 0. The Morgan fingerprint density at radius 1 is 0.522 bits per heavy atom. The molecule has 244 valence electrons. The van der Waals surface area contributed by atoms with Crippen LogP contribution in [0.25, 0.3) is 21.8 Å². The van der Waals surface area contributed by atoms with Gasteiger partial charge in [0.2, 0.25) is 0 Å². The van der Waals surface area contributed by atoms with E-state index in [2.05, 4.69) is 80.6 Å². The number of fused-ring (bicyclic) bond motifs is 2. The van der Waals surface area contributed by atoms with Crippen molar-refractivity contribution in [1.82, 2.24) is 19.9 Å². The molecule has 0 fully saturated rings. The molecule has 6 aromatic rings. The third-order valence-corrected chi connectivity index (χ3v) is 7.66. The van der Waals surface area contributed by atoms with Crippen molar-refractivity contribution in [3.05, 3.63) is 164 Å². The summed E-state index contributed by atoms with van der Waals surface area (Å²) in [4.78, 5) is 36.1. The fourth-order valence-electron chi connectivity index (χ4n) is 3.67. The van der Waals surface area contributed by atoms with Crippen LogP contribution in [0.2, 0.25) is 0 Å².